The van der Waals surface area contributed by atoms with Crippen molar-refractivity contribution < 1.29 is 13.2 Å². The fourth-order valence-electron chi connectivity index (χ4n) is 1.70. The topological polar surface area (TPSA) is 63.2 Å². The van der Waals surface area contributed by atoms with E-state index in [4.69, 9.17) is 0 Å². The van der Waals surface area contributed by atoms with E-state index in [0.29, 0.717) is 18.8 Å². The largest absolute Gasteiger partial charge is 0.274 e. The number of carbonyl (C=O) groups is 1. The minimum absolute atomic E-state index is 0.0477. The van der Waals surface area contributed by atoms with Gasteiger partial charge in [0.1, 0.15) is 0 Å². The number of sulfonamides is 1. The first-order chi connectivity index (χ1) is 6.54. The van der Waals surface area contributed by atoms with Gasteiger partial charge in [-0.05, 0) is 25.2 Å². The van der Waals surface area contributed by atoms with Gasteiger partial charge in [0.15, 0.2) is 0 Å². The van der Waals surface area contributed by atoms with Gasteiger partial charge in [-0.3, -0.25) is 9.52 Å². The van der Waals surface area contributed by atoms with E-state index in [1.165, 1.54) is 0 Å². The van der Waals surface area contributed by atoms with Gasteiger partial charge in [-0.15, -0.1) is 0 Å². The lowest BCUT2D eigenvalue weighted by Crippen LogP contribution is -2.34. The molecule has 0 aromatic heterocycles. The molecule has 0 saturated heterocycles. The third kappa shape index (κ3) is 1.92. The lowest BCUT2D eigenvalue weighted by atomic mass is 10.2. The molecule has 4 nitrogen and oxygen atoms in total. The summed E-state index contributed by atoms with van der Waals surface area (Å²) in [5.41, 5.74) is 0. The van der Waals surface area contributed by atoms with Gasteiger partial charge in [0, 0.05) is 5.92 Å². The first kappa shape index (κ1) is 9.96. The summed E-state index contributed by atoms with van der Waals surface area (Å²) in [6.45, 7) is 2.02. The Morgan fingerprint density at radius 2 is 2.07 bits per heavy atom. The van der Waals surface area contributed by atoms with Crippen LogP contribution in [0.4, 0.5) is 0 Å². The van der Waals surface area contributed by atoms with Crippen LogP contribution in [0.2, 0.25) is 0 Å². The highest BCUT2D eigenvalue weighted by molar-refractivity contribution is 7.90. The first-order valence-electron chi connectivity index (χ1n) is 5.10. The first-order valence-corrected chi connectivity index (χ1v) is 6.64. The van der Waals surface area contributed by atoms with Gasteiger partial charge in [0.05, 0.1) is 5.25 Å². The molecule has 2 aliphatic carbocycles. The average molecular weight is 217 g/mol. The molecule has 0 unspecified atom stereocenters. The monoisotopic (exact) mass is 217 g/mol. The van der Waals surface area contributed by atoms with E-state index < -0.39 is 10.0 Å². The highest BCUT2D eigenvalue weighted by atomic mass is 32.2. The highest BCUT2D eigenvalue weighted by Gasteiger charge is 2.45. The second-order valence-electron chi connectivity index (χ2n) is 4.22. The maximum absolute atomic E-state index is 11.4. The van der Waals surface area contributed by atoms with E-state index in [0.717, 1.165) is 12.8 Å². The predicted molar refractivity (Wildman–Crippen MR) is 52.0 cm³/mol. The molecule has 0 spiro atoms. The van der Waals surface area contributed by atoms with Gasteiger partial charge >= 0.3 is 0 Å². The van der Waals surface area contributed by atoms with Gasteiger partial charge in [-0.1, -0.05) is 13.3 Å². The number of amides is 1. The molecule has 80 valence electrons. The smallest absolute Gasteiger partial charge is 0.237 e. The number of hydrogen-bond acceptors (Lipinski definition) is 3. The molecule has 2 saturated carbocycles. The van der Waals surface area contributed by atoms with Crippen LogP contribution in [-0.2, 0) is 14.8 Å². The second-order valence-corrected chi connectivity index (χ2v) is 6.18. The Morgan fingerprint density at radius 3 is 2.50 bits per heavy atom. The van der Waals surface area contributed by atoms with E-state index in [2.05, 4.69) is 4.72 Å². The van der Waals surface area contributed by atoms with Gasteiger partial charge in [-0.2, -0.15) is 0 Å². The van der Waals surface area contributed by atoms with Crippen LogP contribution in [0, 0.1) is 11.8 Å². The quantitative estimate of drug-likeness (QED) is 0.751. The van der Waals surface area contributed by atoms with Crippen LogP contribution < -0.4 is 4.72 Å². The molecule has 2 fully saturated rings. The Hall–Kier alpha value is -0.580. The molecule has 1 N–H and O–H groups in total. The fourth-order valence-corrected chi connectivity index (χ4v) is 3.05. The minimum atomic E-state index is -3.32. The number of carbonyl (C=O) groups excluding carboxylic acids is 1. The third-order valence-electron chi connectivity index (χ3n) is 2.99. The van der Waals surface area contributed by atoms with Crippen molar-refractivity contribution in [1.82, 2.24) is 4.72 Å². The van der Waals surface area contributed by atoms with Gasteiger partial charge in [0.2, 0.25) is 15.9 Å². The number of nitrogens with one attached hydrogen (secondary N) is 1. The molecule has 5 heteroatoms. The SMILES string of the molecule is CC[C@@H]1C[C@@H]1C(=O)NS(=O)(=O)C1CC1. The summed E-state index contributed by atoms with van der Waals surface area (Å²) in [4.78, 5) is 11.4. The van der Waals surface area contributed by atoms with Crippen molar-refractivity contribution in [2.75, 3.05) is 0 Å². The van der Waals surface area contributed by atoms with Gasteiger partial charge in [0.25, 0.3) is 0 Å². The molecule has 0 radical (unpaired) electrons. The lowest BCUT2D eigenvalue weighted by Gasteiger charge is -2.04. The highest BCUT2D eigenvalue weighted by Crippen LogP contribution is 2.41. The molecular formula is C9H15NO3S. The Balaban J connectivity index is 1.89. The summed E-state index contributed by atoms with van der Waals surface area (Å²) in [5, 5.41) is -0.301. The minimum Gasteiger partial charge on any atom is -0.274 e. The molecule has 2 atom stereocenters. The molecule has 2 rings (SSSR count). The van der Waals surface area contributed by atoms with E-state index in [1.807, 2.05) is 6.92 Å². The van der Waals surface area contributed by atoms with E-state index in [1.54, 1.807) is 0 Å². The molecule has 0 aromatic carbocycles. The molecular weight excluding hydrogens is 202 g/mol. The van der Waals surface area contributed by atoms with Crippen molar-refractivity contribution in [2.24, 2.45) is 11.8 Å². The number of hydrogen-bond donors (Lipinski definition) is 1. The Kier molecular flexibility index (Phi) is 2.29. The summed E-state index contributed by atoms with van der Waals surface area (Å²) >= 11 is 0. The average Bonchev–Trinajstić information content (AvgIpc) is 2.98. The van der Waals surface area contributed by atoms with Crippen LogP contribution in [0.25, 0.3) is 0 Å². The zero-order valence-corrected chi connectivity index (χ0v) is 9.01. The van der Waals surface area contributed by atoms with E-state index >= 15 is 0 Å². The van der Waals surface area contributed by atoms with Gasteiger partial charge in [-0.25, -0.2) is 8.42 Å². The van der Waals surface area contributed by atoms with Crippen LogP contribution in [0.15, 0.2) is 0 Å². The molecule has 0 aromatic rings. The summed E-state index contributed by atoms with van der Waals surface area (Å²) in [6, 6.07) is 0. The zero-order chi connectivity index (χ0) is 10.3. The van der Waals surface area contributed by atoms with Gasteiger partial charge < -0.3 is 0 Å². The lowest BCUT2D eigenvalue weighted by molar-refractivity contribution is -0.120. The van der Waals surface area contributed by atoms with Crippen LogP contribution in [0.3, 0.4) is 0 Å². The second kappa shape index (κ2) is 3.22. The van der Waals surface area contributed by atoms with Crippen molar-refractivity contribution in [1.29, 1.82) is 0 Å². The molecule has 0 heterocycles. The van der Waals surface area contributed by atoms with E-state index in [9.17, 15) is 13.2 Å². The fraction of sp³-hybridized carbons (Fsp3) is 0.889. The standard InChI is InChI=1S/C9H15NO3S/c1-2-6-5-8(6)9(11)10-14(12,13)7-3-4-7/h6-8H,2-5H2,1H3,(H,10,11)/t6-,8+/m1/s1. The van der Waals surface area contributed by atoms with Crippen molar-refractivity contribution in [2.45, 2.75) is 37.9 Å². The molecule has 2 aliphatic rings. The van der Waals surface area contributed by atoms with Crippen LogP contribution >= 0.6 is 0 Å². The van der Waals surface area contributed by atoms with Crippen LogP contribution in [0.5, 0.6) is 0 Å². The number of rotatable bonds is 4. The van der Waals surface area contributed by atoms with Crippen LogP contribution in [0.1, 0.15) is 32.6 Å². The third-order valence-corrected chi connectivity index (χ3v) is 4.82. The Morgan fingerprint density at radius 1 is 1.43 bits per heavy atom. The Labute approximate surface area is 84.1 Å². The summed E-state index contributed by atoms with van der Waals surface area (Å²) < 4.78 is 25.0. The summed E-state index contributed by atoms with van der Waals surface area (Å²) in [7, 11) is -3.32. The van der Waals surface area contributed by atoms with Crippen molar-refractivity contribution in [3.8, 4) is 0 Å². The van der Waals surface area contributed by atoms with Crippen LogP contribution in [-0.4, -0.2) is 19.6 Å². The van der Waals surface area contributed by atoms with Crippen molar-refractivity contribution in [3.05, 3.63) is 0 Å². The summed E-state index contributed by atoms with van der Waals surface area (Å²) in [5.74, 6) is 0.0710. The predicted octanol–water partition coefficient (Wildman–Crippen LogP) is 0.641. The maximum atomic E-state index is 11.4. The normalized spacial score (nSPS) is 31.2. The van der Waals surface area contributed by atoms with E-state index in [-0.39, 0.29) is 17.1 Å². The summed E-state index contributed by atoms with van der Waals surface area (Å²) in [6.07, 6.45) is 3.21. The zero-order valence-electron chi connectivity index (χ0n) is 8.19. The molecule has 0 bridgehead atoms. The molecule has 1 amide bonds. The molecule has 0 aliphatic heterocycles. The van der Waals surface area contributed by atoms with Crippen molar-refractivity contribution in [3.63, 3.8) is 0 Å². The van der Waals surface area contributed by atoms with Crippen molar-refractivity contribution >= 4 is 15.9 Å². The molecule has 14 heavy (non-hydrogen) atoms. The Bertz CT molecular complexity index is 345. The maximum Gasteiger partial charge on any atom is 0.237 e.